The Morgan fingerprint density at radius 2 is 1.61 bits per heavy atom. The highest BCUT2D eigenvalue weighted by atomic mass is 16.7. The Balaban J connectivity index is 1.31. The largest absolute Gasteiger partial charge is 0.390 e. The van der Waals surface area contributed by atoms with Crippen LogP contribution in [0.3, 0.4) is 0 Å². The van der Waals surface area contributed by atoms with E-state index in [9.17, 15) is 5.11 Å². The molecule has 23 heavy (non-hydrogen) atoms. The maximum atomic E-state index is 9.76. The molecule has 5 nitrogen and oxygen atoms in total. The maximum absolute atomic E-state index is 9.76. The van der Waals surface area contributed by atoms with Crippen LogP contribution in [0, 0.1) is 0 Å². The highest BCUT2D eigenvalue weighted by molar-refractivity contribution is 4.72. The second kappa shape index (κ2) is 12.2. The molecular weight excluding hydrogens is 296 g/mol. The maximum Gasteiger partial charge on any atom is 0.157 e. The average Bonchev–Trinajstić information content (AvgIpc) is 2.59. The van der Waals surface area contributed by atoms with Gasteiger partial charge in [0.15, 0.2) is 6.29 Å². The van der Waals surface area contributed by atoms with Crippen LogP contribution in [0.1, 0.15) is 64.2 Å². The minimum atomic E-state index is -0.350. The molecule has 1 N–H and O–H groups in total. The Labute approximate surface area is 140 Å². The quantitative estimate of drug-likeness (QED) is 0.590. The Morgan fingerprint density at radius 1 is 0.826 bits per heavy atom. The predicted octanol–water partition coefficient (Wildman–Crippen LogP) is 3.04. The van der Waals surface area contributed by atoms with Crippen molar-refractivity contribution in [3.05, 3.63) is 0 Å². The van der Waals surface area contributed by atoms with Crippen LogP contribution in [0.2, 0.25) is 0 Å². The lowest BCUT2D eigenvalue weighted by Gasteiger charge is -2.27. The van der Waals surface area contributed by atoms with Crippen molar-refractivity contribution in [3.8, 4) is 0 Å². The fourth-order valence-corrected chi connectivity index (χ4v) is 3.08. The fraction of sp³-hybridized carbons (Fsp3) is 1.00. The summed E-state index contributed by atoms with van der Waals surface area (Å²) in [6.07, 6.45) is 10.6. The molecule has 3 atom stereocenters. The average molecular weight is 330 g/mol. The van der Waals surface area contributed by atoms with Gasteiger partial charge in [-0.05, 0) is 44.9 Å². The van der Waals surface area contributed by atoms with Crippen LogP contribution >= 0.6 is 0 Å². The molecule has 0 radical (unpaired) electrons. The van der Waals surface area contributed by atoms with Gasteiger partial charge in [0, 0.05) is 26.4 Å². The molecule has 2 fully saturated rings. The van der Waals surface area contributed by atoms with Gasteiger partial charge in [-0.25, -0.2) is 0 Å². The number of hydrogen-bond acceptors (Lipinski definition) is 5. The Kier molecular flexibility index (Phi) is 10.1. The molecule has 2 saturated heterocycles. The molecule has 2 aliphatic rings. The monoisotopic (exact) mass is 330 g/mol. The second-order valence-corrected chi connectivity index (χ2v) is 6.63. The minimum absolute atomic E-state index is 0.0505. The van der Waals surface area contributed by atoms with Crippen molar-refractivity contribution in [2.24, 2.45) is 0 Å². The van der Waals surface area contributed by atoms with Crippen molar-refractivity contribution in [3.63, 3.8) is 0 Å². The first-order valence-electron chi connectivity index (χ1n) is 9.47. The number of ether oxygens (including phenoxy) is 4. The molecule has 5 heteroatoms. The van der Waals surface area contributed by atoms with Crippen molar-refractivity contribution in [1.82, 2.24) is 0 Å². The third kappa shape index (κ3) is 8.45. The number of unbranched alkanes of at least 4 members (excludes halogenated alkanes) is 4. The lowest BCUT2D eigenvalue weighted by atomic mass is 10.1. The van der Waals surface area contributed by atoms with Crippen molar-refractivity contribution in [2.75, 3.05) is 33.0 Å². The molecule has 2 rings (SSSR count). The van der Waals surface area contributed by atoms with Crippen molar-refractivity contribution in [1.29, 1.82) is 0 Å². The molecule has 2 aliphatic heterocycles. The number of aliphatic hydroxyl groups excluding tert-OH is 1. The van der Waals surface area contributed by atoms with Crippen LogP contribution in [-0.4, -0.2) is 56.6 Å². The Morgan fingerprint density at radius 3 is 2.39 bits per heavy atom. The van der Waals surface area contributed by atoms with Gasteiger partial charge in [-0.1, -0.05) is 19.3 Å². The first kappa shape index (κ1) is 19.1. The molecule has 0 saturated carbocycles. The number of hydrogen-bond donors (Lipinski definition) is 1. The zero-order chi connectivity index (χ0) is 16.2. The predicted molar refractivity (Wildman–Crippen MR) is 88.4 cm³/mol. The van der Waals surface area contributed by atoms with E-state index in [0.29, 0.717) is 6.61 Å². The third-order valence-corrected chi connectivity index (χ3v) is 4.56. The topological polar surface area (TPSA) is 57.2 Å². The van der Waals surface area contributed by atoms with E-state index >= 15 is 0 Å². The van der Waals surface area contributed by atoms with E-state index in [0.717, 1.165) is 58.5 Å². The van der Waals surface area contributed by atoms with Crippen LogP contribution < -0.4 is 0 Å². The first-order chi connectivity index (χ1) is 11.4. The standard InChI is InChI=1S/C18H34O5/c19-16-9-8-14-21-17(16)15-20-11-5-2-1-3-6-12-22-18-10-4-7-13-23-18/h16-19H,1-15H2/t16-,17+,18?/m1/s1. The van der Waals surface area contributed by atoms with E-state index < -0.39 is 0 Å². The van der Waals surface area contributed by atoms with Crippen LogP contribution in [0.25, 0.3) is 0 Å². The van der Waals surface area contributed by atoms with Gasteiger partial charge in [0.1, 0.15) is 6.10 Å². The smallest absolute Gasteiger partial charge is 0.157 e. The molecule has 0 aromatic heterocycles. The highest BCUT2D eigenvalue weighted by Gasteiger charge is 2.23. The minimum Gasteiger partial charge on any atom is -0.390 e. The van der Waals surface area contributed by atoms with Gasteiger partial charge in [0.05, 0.1) is 12.7 Å². The van der Waals surface area contributed by atoms with Crippen LogP contribution in [0.5, 0.6) is 0 Å². The molecule has 2 heterocycles. The van der Waals surface area contributed by atoms with Gasteiger partial charge < -0.3 is 24.1 Å². The summed E-state index contributed by atoms with van der Waals surface area (Å²) in [5.74, 6) is 0. The van der Waals surface area contributed by atoms with Crippen LogP contribution in [0.4, 0.5) is 0 Å². The molecule has 0 amide bonds. The Hall–Kier alpha value is -0.200. The Bertz CT molecular complexity index is 281. The van der Waals surface area contributed by atoms with Gasteiger partial charge in [-0.15, -0.1) is 0 Å². The lowest BCUT2D eigenvalue weighted by Crippen LogP contribution is -2.37. The summed E-state index contributed by atoms with van der Waals surface area (Å²) in [6.45, 7) is 3.71. The van der Waals surface area contributed by atoms with E-state index in [1.54, 1.807) is 0 Å². The summed E-state index contributed by atoms with van der Waals surface area (Å²) in [7, 11) is 0. The molecule has 0 spiro atoms. The van der Waals surface area contributed by atoms with E-state index in [1.165, 1.54) is 32.1 Å². The zero-order valence-corrected chi connectivity index (χ0v) is 14.4. The SMILES string of the molecule is O[C@@H]1CCCO[C@H]1COCCCCCCCOC1CCCCO1. The first-order valence-corrected chi connectivity index (χ1v) is 9.47. The van der Waals surface area contributed by atoms with Crippen molar-refractivity contribution >= 4 is 0 Å². The van der Waals surface area contributed by atoms with E-state index in [1.807, 2.05) is 0 Å². The summed E-state index contributed by atoms with van der Waals surface area (Å²) in [6, 6.07) is 0. The summed E-state index contributed by atoms with van der Waals surface area (Å²) >= 11 is 0. The number of rotatable bonds is 11. The third-order valence-electron chi connectivity index (χ3n) is 4.56. The van der Waals surface area contributed by atoms with Crippen molar-refractivity contribution in [2.45, 2.75) is 82.7 Å². The van der Waals surface area contributed by atoms with Crippen molar-refractivity contribution < 1.29 is 24.1 Å². The van der Waals surface area contributed by atoms with E-state index in [-0.39, 0.29) is 18.5 Å². The molecule has 0 bridgehead atoms. The normalized spacial score (nSPS) is 28.8. The van der Waals surface area contributed by atoms with Crippen LogP contribution in [-0.2, 0) is 18.9 Å². The zero-order valence-electron chi connectivity index (χ0n) is 14.4. The summed E-state index contributed by atoms with van der Waals surface area (Å²) in [4.78, 5) is 0. The van der Waals surface area contributed by atoms with Gasteiger partial charge in [0.25, 0.3) is 0 Å². The molecule has 0 aliphatic carbocycles. The molecule has 136 valence electrons. The van der Waals surface area contributed by atoms with E-state index in [4.69, 9.17) is 18.9 Å². The lowest BCUT2D eigenvalue weighted by molar-refractivity contribution is -0.162. The molecule has 0 aromatic carbocycles. The fourth-order valence-electron chi connectivity index (χ4n) is 3.08. The molecule has 1 unspecified atom stereocenters. The highest BCUT2D eigenvalue weighted by Crippen LogP contribution is 2.15. The molecule has 0 aromatic rings. The van der Waals surface area contributed by atoms with Gasteiger partial charge in [0.2, 0.25) is 0 Å². The summed E-state index contributed by atoms with van der Waals surface area (Å²) in [5, 5.41) is 9.76. The van der Waals surface area contributed by atoms with Gasteiger partial charge in [-0.3, -0.25) is 0 Å². The number of aliphatic hydroxyl groups is 1. The molecular formula is C18H34O5. The van der Waals surface area contributed by atoms with Gasteiger partial charge in [-0.2, -0.15) is 0 Å². The second-order valence-electron chi connectivity index (χ2n) is 6.63. The van der Waals surface area contributed by atoms with E-state index in [2.05, 4.69) is 0 Å². The van der Waals surface area contributed by atoms with Gasteiger partial charge >= 0.3 is 0 Å². The van der Waals surface area contributed by atoms with Crippen LogP contribution in [0.15, 0.2) is 0 Å². The summed E-state index contributed by atoms with van der Waals surface area (Å²) < 4.78 is 22.4. The summed E-state index contributed by atoms with van der Waals surface area (Å²) in [5.41, 5.74) is 0.